The van der Waals surface area contributed by atoms with Gasteiger partial charge in [0.1, 0.15) is 5.78 Å². The maximum Gasteiger partial charge on any atom is 0.305 e. The summed E-state index contributed by atoms with van der Waals surface area (Å²) >= 11 is 0. The lowest BCUT2D eigenvalue weighted by molar-refractivity contribution is -0.160. The summed E-state index contributed by atoms with van der Waals surface area (Å²) in [5, 5.41) is 10.2. The van der Waals surface area contributed by atoms with Crippen LogP contribution in [0.25, 0.3) is 0 Å². The molecule has 9 atom stereocenters. The van der Waals surface area contributed by atoms with Gasteiger partial charge in [0.05, 0.1) is 13.2 Å². The number of aliphatic hydroxyl groups is 1. The zero-order valence-electron chi connectivity index (χ0n) is 18.8. The van der Waals surface area contributed by atoms with Gasteiger partial charge in [-0.2, -0.15) is 0 Å². The minimum absolute atomic E-state index is 0.0769. The van der Waals surface area contributed by atoms with Gasteiger partial charge >= 0.3 is 5.97 Å². The van der Waals surface area contributed by atoms with E-state index in [0.29, 0.717) is 53.6 Å². The molecule has 0 saturated heterocycles. The number of carbonyl (C=O) groups excluding carboxylic acids is 2. The molecule has 4 aliphatic carbocycles. The van der Waals surface area contributed by atoms with Gasteiger partial charge < -0.3 is 9.84 Å². The highest BCUT2D eigenvalue weighted by atomic mass is 16.5. The second-order valence-electron chi connectivity index (χ2n) is 11.4. The molecular formula is C25H40O4. The Hall–Kier alpha value is -0.900. The van der Waals surface area contributed by atoms with Crippen molar-refractivity contribution in [3.05, 3.63) is 0 Å². The van der Waals surface area contributed by atoms with Crippen molar-refractivity contribution in [2.45, 2.75) is 91.1 Å². The highest BCUT2D eigenvalue weighted by molar-refractivity contribution is 5.83. The van der Waals surface area contributed by atoms with Crippen LogP contribution in [0.4, 0.5) is 0 Å². The monoisotopic (exact) mass is 404 g/mol. The largest absolute Gasteiger partial charge is 0.469 e. The van der Waals surface area contributed by atoms with E-state index < -0.39 is 0 Å². The lowest BCUT2D eigenvalue weighted by atomic mass is 9.44. The van der Waals surface area contributed by atoms with Gasteiger partial charge in [-0.15, -0.1) is 0 Å². The zero-order chi connectivity index (χ0) is 21.0. The van der Waals surface area contributed by atoms with Crippen LogP contribution in [0.2, 0.25) is 0 Å². The van der Waals surface area contributed by atoms with Crippen LogP contribution < -0.4 is 0 Å². The normalized spacial score (nSPS) is 47.7. The van der Waals surface area contributed by atoms with E-state index in [4.69, 9.17) is 4.74 Å². The molecule has 4 rings (SSSR count). The highest BCUT2D eigenvalue weighted by Gasteiger charge is 2.62. The third kappa shape index (κ3) is 3.38. The Morgan fingerprint density at radius 3 is 2.55 bits per heavy atom. The number of esters is 1. The predicted octanol–water partition coefficient (Wildman–Crippen LogP) is 4.77. The number of aliphatic hydroxyl groups excluding tert-OH is 1. The van der Waals surface area contributed by atoms with Gasteiger partial charge in [-0.05, 0) is 91.8 Å². The minimum Gasteiger partial charge on any atom is -0.469 e. The van der Waals surface area contributed by atoms with Gasteiger partial charge in [0.15, 0.2) is 0 Å². The first kappa shape index (κ1) is 21.3. The number of fused-ring (bicyclic) bond motifs is 5. The average molecular weight is 405 g/mol. The van der Waals surface area contributed by atoms with E-state index in [0.717, 1.165) is 25.7 Å². The van der Waals surface area contributed by atoms with Gasteiger partial charge in [-0.1, -0.05) is 20.8 Å². The number of ether oxygens (including phenoxy) is 1. The number of carbonyl (C=O) groups is 2. The number of ketones is 1. The first-order chi connectivity index (χ1) is 13.7. The summed E-state index contributed by atoms with van der Waals surface area (Å²) in [6.45, 7) is 7.18. The second-order valence-corrected chi connectivity index (χ2v) is 11.4. The van der Waals surface area contributed by atoms with Gasteiger partial charge in [-0.25, -0.2) is 0 Å². The maximum atomic E-state index is 13.2. The maximum absolute atomic E-state index is 13.2. The molecule has 0 spiro atoms. The summed E-state index contributed by atoms with van der Waals surface area (Å²) in [4.78, 5) is 24.8. The Kier molecular flexibility index (Phi) is 5.63. The van der Waals surface area contributed by atoms with Crippen LogP contribution in [0.3, 0.4) is 0 Å². The van der Waals surface area contributed by atoms with Crippen molar-refractivity contribution in [3.8, 4) is 0 Å². The molecule has 0 heterocycles. The van der Waals surface area contributed by atoms with Crippen molar-refractivity contribution < 1.29 is 19.4 Å². The molecule has 4 fully saturated rings. The lowest BCUT2D eigenvalue weighted by Crippen LogP contribution is -2.57. The fourth-order valence-electron chi connectivity index (χ4n) is 8.64. The summed E-state index contributed by atoms with van der Waals surface area (Å²) in [7, 11) is 1.47. The molecule has 0 aromatic carbocycles. The summed E-state index contributed by atoms with van der Waals surface area (Å²) in [5.41, 5.74) is 0.392. The number of methoxy groups -OCH3 is 1. The van der Waals surface area contributed by atoms with E-state index in [1.807, 2.05) is 0 Å². The zero-order valence-corrected chi connectivity index (χ0v) is 18.8. The third-order valence-corrected chi connectivity index (χ3v) is 10.2. The van der Waals surface area contributed by atoms with Crippen LogP contribution in [0.15, 0.2) is 0 Å². The van der Waals surface area contributed by atoms with Crippen LogP contribution in [0, 0.1) is 46.3 Å². The van der Waals surface area contributed by atoms with Crippen molar-refractivity contribution in [1.29, 1.82) is 0 Å². The van der Waals surface area contributed by atoms with E-state index in [1.165, 1.54) is 32.8 Å². The average Bonchev–Trinajstić information content (AvgIpc) is 3.05. The molecule has 4 nitrogen and oxygen atoms in total. The molecule has 0 unspecified atom stereocenters. The third-order valence-electron chi connectivity index (χ3n) is 10.2. The quantitative estimate of drug-likeness (QED) is 0.685. The fraction of sp³-hybridized carbons (Fsp3) is 0.920. The molecule has 0 aromatic rings. The van der Waals surface area contributed by atoms with E-state index in [1.54, 1.807) is 0 Å². The van der Waals surface area contributed by atoms with E-state index >= 15 is 0 Å². The molecule has 4 heteroatoms. The van der Waals surface area contributed by atoms with Crippen molar-refractivity contribution in [1.82, 2.24) is 0 Å². The number of Topliss-reactive ketones (excluding diaryl/α,β-unsaturated/α-hetero) is 1. The first-order valence-corrected chi connectivity index (χ1v) is 12.0. The Morgan fingerprint density at radius 1 is 1.14 bits per heavy atom. The minimum atomic E-state index is -0.283. The molecule has 0 bridgehead atoms. The van der Waals surface area contributed by atoms with Gasteiger partial charge in [0.2, 0.25) is 0 Å². The van der Waals surface area contributed by atoms with Crippen molar-refractivity contribution in [2.24, 2.45) is 46.3 Å². The van der Waals surface area contributed by atoms with Crippen LogP contribution >= 0.6 is 0 Å². The van der Waals surface area contributed by atoms with Crippen molar-refractivity contribution >= 4 is 11.8 Å². The predicted molar refractivity (Wildman–Crippen MR) is 112 cm³/mol. The standard InChI is InChI=1S/C25H40O4/c1-15(5-8-23(28)29-4)18-6-7-19-17-14-22(27)21-13-16(26)9-11-25(21,3)20(17)10-12-24(18,19)2/h15-21,26H,5-14H2,1-4H3/t15-,16+,17-,18+,19-,20-,21+,24+,25+/m0/s1. The van der Waals surface area contributed by atoms with E-state index in [9.17, 15) is 14.7 Å². The summed E-state index contributed by atoms with van der Waals surface area (Å²) in [5.74, 6) is 3.37. The summed E-state index contributed by atoms with van der Waals surface area (Å²) in [6.07, 6.45) is 9.39. The lowest BCUT2D eigenvalue weighted by Gasteiger charge is -2.60. The van der Waals surface area contributed by atoms with Gasteiger partial charge in [0, 0.05) is 18.8 Å². The SMILES string of the molecule is COC(=O)CC[C@H](C)[C@H]1CC[C@H]2[C@@H]3CC(=O)[C@H]4C[C@H](O)CC[C@]4(C)[C@H]3CC[C@]12C. The van der Waals surface area contributed by atoms with Crippen LogP contribution in [-0.2, 0) is 14.3 Å². The first-order valence-electron chi connectivity index (χ1n) is 12.0. The van der Waals surface area contributed by atoms with Crippen LogP contribution in [0.5, 0.6) is 0 Å². The van der Waals surface area contributed by atoms with Crippen molar-refractivity contribution in [3.63, 3.8) is 0 Å². The molecule has 4 saturated carbocycles. The Balaban J connectivity index is 1.52. The van der Waals surface area contributed by atoms with Gasteiger partial charge in [-0.3, -0.25) is 9.59 Å². The molecule has 29 heavy (non-hydrogen) atoms. The molecule has 4 aliphatic rings. The van der Waals surface area contributed by atoms with Crippen molar-refractivity contribution in [2.75, 3.05) is 7.11 Å². The van der Waals surface area contributed by atoms with Crippen LogP contribution in [-0.4, -0.2) is 30.1 Å². The Bertz CT molecular complexity index is 659. The topological polar surface area (TPSA) is 63.6 Å². The molecule has 164 valence electrons. The number of hydrogen-bond acceptors (Lipinski definition) is 4. The fourth-order valence-corrected chi connectivity index (χ4v) is 8.64. The molecule has 1 N–H and O–H groups in total. The van der Waals surface area contributed by atoms with E-state index in [-0.39, 0.29) is 23.4 Å². The molecule has 0 amide bonds. The Morgan fingerprint density at radius 2 is 1.83 bits per heavy atom. The van der Waals surface area contributed by atoms with E-state index in [2.05, 4.69) is 20.8 Å². The Labute approximate surface area is 176 Å². The molecule has 0 radical (unpaired) electrons. The summed E-state index contributed by atoms with van der Waals surface area (Å²) in [6, 6.07) is 0. The van der Waals surface area contributed by atoms with Crippen LogP contribution in [0.1, 0.15) is 85.0 Å². The smallest absolute Gasteiger partial charge is 0.305 e. The number of hydrogen-bond donors (Lipinski definition) is 1. The molecule has 0 aliphatic heterocycles. The molecular weight excluding hydrogens is 364 g/mol. The molecule has 0 aromatic heterocycles. The number of rotatable bonds is 4. The highest BCUT2D eigenvalue weighted by Crippen LogP contribution is 2.67. The second kappa shape index (κ2) is 7.66. The van der Waals surface area contributed by atoms with Gasteiger partial charge in [0.25, 0.3) is 0 Å². The summed E-state index contributed by atoms with van der Waals surface area (Å²) < 4.78 is 4.85.